The Morgan fingerprint density at radius 3 is 2.52 bits per heavy atom. The SMILES string of the molecule is NCCN1CCC(Cc2nc3ccccc3n2Cc2ccc(F)cc2)CC1. The Labute approximate surface area is 159 Å². The van der Waals surface area contributed by atoms with E-state index in [1.165, 1.54) is 25.0 Å². The third kappa shape index (κ3) is 4.20. The van der Waals surface area contributed by atoms with Crippen molar-refractivity contribution in [3.05, 3.63) is 65.7 Å². The molecule has 0 aliphatic carbocycles. The van der Waals surface area contributed by atoms with E-state index in [1.807, 2.05) is 18.2 Å². The summed E-state index contributed by atoms with van der Waals surface area (Å²) in [7, 11) is 0. The zero-order chi connectivity index (χ0) is 18.6. The van der Waals surface area contributed by atoms with Crippen LogP contribution in [-0.4, -0.2) is 40.6 Å². The highest BCUT2D eigenvalue weighted by atomic mass is 19.1. The number of nitrogens with zero attached hydrogens (tertiary/aromatic N) is 3. The fourth-order valence-corrected chi connectivity index (χ4v) is 4.08. The number of nitrogens with two attached hydrogens (primary N) is 1. The van der Waals surface area contributed by atoms with Crippen LogP contribution in [0.15, 0.2) is 48.5 Å². The molecule has 4 nitrogen and oxygen atoms in total. The molecule has 0 spiro atoms. The second-order valence-electron chi connectivity index (χ2n) is 7.51. The van der Waals surface area contributed by atoms with Gasteiger partial charge in [0.25, 0.3) is 0 Å². The van der Waals surface area contributed by atoms with Gasteiger partial charge in [0.1, 0.15) is 11.6 Å². The molecule has 142 valence electrons. The van der Waals surface area contributed by atoms with Crippen LogP contribution in [0.3, 0.4) is 0 Å². The number of hydrogen-bond acceptors (Lipinski definition) is 3. The van der Waals surface area contributed by atoms with Crippen LogP contribution in [-0.2, 0) is 13.0 Å². The average molecular weight is 366 g/mol. The van der Waals surface area contributed by atoms with Gasteiger partial charge in [-0.05, 0) is 61.7 Å². The maximum atomic E-state index is 13.3. The largest absolute Gasteiger partial charge is 0.329 e. The predicted molar refractivity (Wildman–Crippen MR) is 107 cm³/mol. The Hall–Kier alpha value is -2.24. The lowest BCUT2D eigenvalue weighted by Gasteiger charge is -2.31. The van der Waals surface area contributed by atoms with Crippen LogP contribution in [0.25, 0.3) is 11.0 Å². The fourth-order valence-electron chi connectivity index (χ4n) is 4.08. The Morgan fingerprint density at radius 1 is 1.04 bits per heavy atom. The first-order valence-electron chi connectivity index (χ1n) is 9.84. The number of imidazole rings is 1. The summed E-state index contributed by atoms with van der Waals surface area (Å²) in [5.41, 5.74) is 8.97. The van der Waals surface area contributed by atoms with E-state index >= 15 is 0 Å². The van der Waals surface area contributed by atoms with Crippen molar-refractivity contribution in [1.29, 1.82) is 0 Å². The first-order chi connectivity index (χ1) is 13.2. The molecule has 0 atom stereocenters. The molecule has 27 heavy (non-hydrogen) atoms. The first kappa shape index (κ1) is 18.1. The van der Waals surface area contributed by atoms with Crippen LogP contribution in [0, 0.1) is 11.7 Å². The second-order valence-corrected chi connectivity index (χ2v) is 7.51. The van der Waals surface area contributed by atoms with E-state index in [1.54, 1.807) is 0 Å². The molecule has 2 N–H and O–H groups in total. The normalized spacial score (nSPS) is 16.2. The van der Waals surface area contributed by atoms with E-state index in [0.717, 1.165) is 61.6 Å². The van der Waals surface area contributed by atoms with E-state index in [2.05, 4.69) is 27.7 Å². The van der Waals surface area contributed by atoms with Gasteiger partial charge in [0, 0.05) is 26.1 Å². The van der Waals surface area contributed by atoms with E-state index in [-0.39, 0.29) is 5.82 Å². The van der Waals surface area contributed by atoms with E-state index in [4.69, 9.17) is 10.7 Å². The molecule has 4 rings (SSSR count). The van der Waals surface area contributed by atoms with Crippen molar-refractivity contribution in [2.75, 3.05) is 26.2 Å². The lowest BCUT2D eigenvalue weighted by molar-refractivity contribution is 0.187. The van der Waals surface area contributed by atoms with Gasteiger partial charge in [-0.25, -0.2) is 9.37 Å². The van der Waals surface area contributed by atoms with Crippen molar-refractivity contribution in [1.82, 2.24) is 14.5 Å². The summed E-state index contributed by atoms with van der Waals surface area (Å²) in [6.45, 7) is 4.70. The van der Waals surface area contributed by atoms with Gasteiger partial charge < -0.3 is 15.2 Å². The number of halogens is 1. The van der Waals surface area contributed by atoms with Crippen LogP contribution < -0.4 is 5.73 Å². The molecule has 0 saturated carbocycles. The molecule has 2 heterocycles. The van der Waals surface area contributed by atoms with Crippen molar-refractivity contribution < 1.29 is 4.39 Å². The van der Waals surface area contributed by atoms with Gasteiger partial charge in [0.15, 0.2) is 0 Å². The maximum Gasteiger partial charge on any atom is 0.123 e. The van der Waals surface area contributed by atoms with Crippen molar-refractivity contribution in [2.24, 2.45) is 11.7 Å². The van der Waals surface area contributed by atoms with Gasteiger partial charge in [0.2, 0.25) is 0 Å². The summed E-state index contributed by atoms with van der Waals surface area (Å²) in [6.07, 6.45) is 3.38. The number of benzene rings is 2. The van der Waals surface area contributed by atoms with E-state index in [9.17, 15) is 4.39 Å². The highest BCUT2D eigenvalue weighted by Gasteiger charge is 2.21. The molecule has 0 unspecified atom stereocenters. The minimum atomic E-state index is -0.196. The molecule has 1 fully saturated rings. The molecule has 1 aliphatic heterocycles. The third-order valence-corrected chi connectivity index (χ3v) is 5.61. The Kier molecular flexibility index (Phi) is 5.50. The Bertz CT molecular complexity index is 879. The second kappa shape index (κ2) is 8.19. The molecule has 1 saturated heterocycles. The molecular weight excluding hydrogens is 339 g/mol. The topological polar surface area (TPSA) is 47.1 Å². The summed E-state index contributed by atoms with van der Waals surface area (Å²) >= 11 is 0. The summed E-state index contributed by atoms with van der Waals surface area (Å²) < 4.78 is 15.6. The third-order valence-electron chi connectivity index (χ3n) is 5.61. The minimum absolute atomic E-state index is 0.196. The van der Waals surface area contributed by atoms with Crippen LogP contribution in [0.2, 0.25) is 0 Å². The van der Waals surface area contributed by atoms with Gasteiger partial charge in [-0.2, -0.15) is 0 Å². The smallest absolute Gasteiger partial charge is 0.123 e. The molecule has 2 aromatic carbocycles. The summed E-state index contributed by atoms with van der Waals surface area (Å²) in [4.78, 5) is 7.39. The average Bonchev–Trinajstić information content (AvgIpc) is 3.02. The summed E-state index contributed by atoms with van der Waals surface area (Å²) in [5, 5.41) is 0. The van der Waals surface area contributed by atoms with Crippen LogP contribution >= 0.6 is 0 Å². The highest BCUT2D eigenvalue weighted by Crippen LogP contribution is 2.25. The van der Waals surface area contributed by atoms with Crippen LogP contribution in [0.5, 0.6) is 0 Å². The van der Waals surface area contributed by atoms with Gasteiger partial charge in [-0.15, -0.1) is 0 Å². The molecule has 3 aromatic rings. The predicted octanol–water partition coefficient (Wildman–Crippen LogP) is 3.44. The zero-order valence-corrected chi connectivity index (χ0v) is 15.6. The van der Waals surface area contributed by atoms with Gasteiger partial charge in [0.05, 0.1) is 11.0 Å². The number of hydrogen-bond donors (Lipinski definition) is 1. The van der Waals surface area contributed by atoms with E-state index in [0.29, 0.717) is 5.92 Å². The lowest BCUT2D eigenvalue weighted by Crippen LogP contribution is -2.37. The molecular formula is C22H27FN4. The quantitative estimate of drug-likeness (QED) is 0.727. The summed E-state index contributed by atoms with van der Waals surface area (Å²) in [5.74, 6) is 1.60. The van der Waals surface area contributed by atoms with Gasteiger partial charge >= 0.3 is 0 Å². The zero-order valence-electron chi connectivity index (χ0n) is 15.6. The molecule has 0 bridgehead atoms. The molecule has 0 radical (unpaired) electrons. The van der Waals surface area contributed by atoms with Crippen LogP contribution in [0.1, 0.15) is 24.2 Å². The fraction of sp³-hybridized carbons (Fsp3) is 0.409. The summed E-state index contributed by atoms with van der Waals surface area (Å²) in [6, 6.07) is 15.1. The number of fused-ring (bicyclic) bond motifs is 1. The number of piperidine rings is 1. The Balaban J connectivity index is 1.56. The number of para-hydroxylation sites is 2. The monoisotopic (exact) mass is 366 g/mol. The maximum absolute atomic E-state index is 13.3. The van der Waals surface area contributed by atoms with Crippen molar-refractivity contribution in [3.8, 4) is 0 Å². The van der Waals surface area contributed by atoms with Crippen LogP contribution in [0.4, 0.5) is 4.39 Å². The minimum Gasteiger partial charge on any atom is -0.329 e. The standard InChI is InChI=1S/C22H27FN4/c23-19-7-5-18(6-8-19)16-27-21-4-2-1-3-20(21)25-22(27)15-17-9-12-26(13-10-17)14-11-24/h1-8,17H,9-16,24H2. The van der Waals surface area contributed by atoms with Crippen molar-refractivity contribution in [3.63, 3.8) is 0 Å². The molecule has 1 aromatic heterocycles. The highest BCUT2D eigenvalue weighted by molar-refractivity contribution is 5.76. The number of likely N-dealkylation sites (tertiary alicyclic amines) is 1. The van der Waals surface area contributed by atoms with E-state index < -0.39 is 0 Å². The molecule has 0 amide bonds. The Morgan fingerprint density at radius 2 is 1.78 bits per heavy atom. The first-order valence-corrected chi connectivity index (χ1v) is 9.84. The van der Waals surface area contributed by atoms with Crippen molar-refractivity contribution in [2.45, 2.75) is 25.8 Å². The number of aromatic nitrogens is 2. The number of rotatable bonds is 6. The van der Waals surface area contributed by atoms with Crippen molar-refractivity contribution >= 4 is 11.0 Å². The van der Waals surface area contributed by atoms with Gasteiger partial charge in [-0.1, -0.05) is 24.3 Å². The van der Waals surface area contributed by atoms with Gasteiger partial charge in [-0.3, -0.25) is 0 Å². The molecule has 5 heteroatoms. The lowest BCUT2D eigenvalue weighted by atomic mass is 9.93. The molecule has 1 aliphatic rings.